The van der Waals surface area contributed by atoms with E-state index in [-0.39, 0.29) is 11.6 Å². The van der Waals surface area contributed by atoms with Gasteiger partial charge in [-0.15, -0.1) is 0 Å². The summed E-state index contributed by atoms with van der Waals surface area (Å²) < 4.78 is 7.11. The van der Waals surface area contributed by atoms with Crippen molar-refractivity contribution in [1.82, 2.24) is 30.2 Å². The van der Waals surface area contributed by atoms with Crippen molar-refractivity contribution in [1.29, 1.82) is 0 Å². The molecule has 9 nitrogen and oxygen atoms in total. The monoisotopic (exact) mass is 431 g/mol. The van der Waals surface area contributed by atoms with E-state index in [0.29, 0.717) is 18.8 Å². The number of hydrogen-bond acceptors (Lipinski definition) is 7. The molecular formula is C23H25N7O2. The standard InChI is InChI=1S/C23H25N7O2/c31-23(19-14-20(32-28-19)17-8-4-3-5-9-17)24-10-13-30-22-18(15-27-30)21(25-16-26-22)29-11-6-1-2-7-12-29/h3-5,8-9,14-16H,1-2,6-7,10-13H2,(H,24,31). The van der Waals surface area contributed by atoms with Gasteiger partial charge in [-0.3, -0.25) is 4.79 Å². The Morgan fingerprint density at radius 2 is 1.88 bits per heavy atom. The number of anilines is 1. The minimum absolute atomic E-state index is 0.250. The molecule has 0 atom stereocenters. The fraction of sp³-hybridized carbons (Fsp3) is 0.348. The van der Waals surface area contributed by atoms with Crippen LogP contribution in [-0.2, 0) is 6.54 Å². The Morgan fingerprint density at radius 3 is 2.69 bits per heavy atom. The minimum Gasteiger partial charge on any atom is -0.356 e. The molecule has 0 unspecified atom stereocenters. The number of aromatic nitrogens is 5. The molecule has 1 N–H and O–H groups in total. The molecule has 0 saturated carbocycles. The van der Waals surface area contributed by atoms with Crippen molar-refractivity contribution in [2.45, 2.75) is 32.2 Å². The van der Waals surface area contributed by atoms with E-state index in [1.807, 2.05) is 36.5 Å². The normalized spacial score (nSPS) is 14.4. The molecule has 1 saturated heterocycles. The number of amides is 1. The largest absolute Gasteiger partial charge is 0.356 e. The second-order valence-corrected chi connectivity index (χ2v) is 7.90. The predicted molar refractivity (Wildman–Crippen MR) is 120 cm³/mol. The first-order chi connectivity index (χ1) is 15.8. The number of benzene rings is 1. The molecule has 1 amide bonds. The molecule has 4 aromatic rings. The lowest BCUT2D eigenvalue weighted by molar-refractivity contribution is 0.0943. The van der Waals surface area contributed by atoms with E-state index < -0.39 is 0 Å². The van der Waals surface area contributed by atoms with Crippen molar-refractivity contribution >= 4 is 22.8 Å². The molecule has 9 heteroatoms. The lowest BCUT2D eigenvalue weighted by Gasteiger charge is -2.21. The van der Waals surface area contributed by atoms with E-state index >= 15 is 0 Å². The fourth-order valence-electron chi connectivity index (χ4n) is 4.07. The molecule has 1 fully saturated rings. The van der Waals surface area contributed by atoms with Crippen molar-refractivity contribution in [3.05, 3.63) is 54.6 Å². The molecule has 1 aliphatic heterocycles. The molecule has 4 heterocycles. The number of rotatable bonds is 6. The van der Waals surface area contributed by atoms with Gasteiger partial charge in [-0.05, 0) is 12.8 Å². The number of carbonyl (C=O) groups is 1. The highest BCUT2D eigenvalue weighted by atomic mass is 16.5. The van der Waals surface area contributed by atoms with E-state index in [2.05, 4.69) is 30.4 Å². The lowest BCUT2D eigenvalue weighted by Crippen LogP contribution is -2.28. The smallest absolute Gasteiger partial charge is 0.273 e. The van der Waals surface area contributed by atoms with Crippen LogP contribution in [0.2, 0.25) is 0 Å². The van der Waals surface area contributed by atoms with E-state index in [1.54, 1.807) is 17.1 Å². The summed E-state index contributed by atoms with van der Waals surface area (Å²) >= 11 is 0. The summed E-state index contributed by atoms with van der Waals surface area (Å²) in [7, 11) is 0. The molecule has 0 radical (unpaired) electrons. The Bertz CT molecular complexity index is 1190. The van der Waals surface area contributed by atoms with E-state index in [1.165, 1.54) is 25.7 Å². The Labute approximate surface area is 185 Å². The molecule has 1 aliphatic rings. The summed E-state index contributed by atoms with van der Waals surface area (Å²) in [6, 6.07) is 11.2. The third-order valence-corrected chi connectivity index (χ3v) is 5.73. The van der Waals surface area contributed by atoms with Gasteiger partial charge in [0.15, 0.2) is 17.1 Å². The second kappa shape index (κ2) is 9.17. The fourth-order valence-corrected chi connectivity index (χ4v) is 4.07. The number of nitrogens with zero attached hydrogens (tertiary/aromatic N) is 6. The molecular weight excluding hydrogens is 406 g/mol. The molecule has 0 aliphatic carbocycles. The van der Waals surface area contributed by atoms with Gasteiger partial charge in [-0.2, -0.15) is 5.10 Å². The third-order valence-electron chi connectivity index (χ3n) is 5.73. The van der Waals surface area contributed by atoms with Crippen molar-refractivity contribution in [3.8, 4) is 11.3 Å². The van der Waals surface area contributed by atoms with Gasteiger partial charge in [-0.1, -0.05) is 48.3 Å². The highest BCUT2D eigenvalue weighted by Crippen LogP contribution is 2.25. The summed E-state index contributed by atoms with van der Waals surface area (Å²) in [5.74, 6) is 1.22. The van der Waals surface area contributed by atoms with Crippen LogP contribution in [0.1, 0.15) is 36.2 Å². The highest BCUT2D eigenvalue weighted by Gasteiger charge is 2.18. The Hall–Kier alpha value is -3.75. The van der Waals surface area contributed by atoms with Gasteiger partial charge >= 0.3 is 0 Å². The summed E-state index contributed by atoms with van der Waals surface area (Å²) in [5, 5.41) is 12.2. The van der Waals surface area contributed by atoms with E-state index in [4.69, 9.17) is 4.52 Å². The predicted octanol–water partition coefficient (Wildman–Crippen LogP) is 3.29. The maximum absolute atomic E-state index is 12.5. The van der Waals surface area contributed by atoms with Crippen LogP contribution in [0, 0.1) is 0 Å². The first-order valence-corrected chi connectivity index (χ1v) is 11.0. The van der Waals surface area contributed by atoms with Gasteiger partial charge in [0.25, 0.3) is 5.91 Å². The Balaban J connectivity index is 1.24. The van der Waals surface area contributed by atoms with Crippen molar-refractivity contribution in [3.63, 3.8) is 0 Å². The van der Waals surface area contributed by atoms with Crippen LogP contribution in [0.25, 0.3) is 22.4 Å². The maximum atomic E-state index is 12.5. The van der Waals surface area contributed by atoms with Gasteiger partial charge < -0.3 is 14.7 Å². The molecule has 32 heavy (non-hydrogen) atoms. The van der Waals surface area contributed by atoms with Crippen molar-refractivity contribution < 1.29 is 9.32 Å². The molecule has 0 spiro atoms. The van der Waals surface area contributed by atoms with Gasteiger partial charge in [0.1, 0.15) is 12.1 Å². The molecule has 1 aromatic carbocycles. The van der Waals surface area contributed by atoms with Crippen LogP contribution in [0.3, 0.4) is 0 Å². The zero-order valence-electron chi connectivity index (χ0n) is 17.8. The second-order valence-electron chi connectivity index (χ2n) is 7.90. The Morgan fingerprint density at radius 1 is 1.06 bits per heavy atom. The van der Waals surface area contributed by atoms with Crippen LogP contribution >= 0.6 is 0 Å². The number of hydrogen-bond donors (Lipinski definition) is 1. The number of nitrogens with one attached hydrogen (secondary N) is 1. The van der Waals surface area contributed by atoms with Crippen LogP contribution in [0.4, 0.5) is 5.82 Å². The SMILES string of the molecule is O=C(NCCn1ncc2c(N3CCCCCC3)ncnc21)c1cc(-c2ccccc2)on1. The van der Waals surface area contributed by atoms with Gasteiger partial charge in [0.05, 0.1) is 18.1 Å². The van der Waals surface area contributed by atoms with Crippen molar-refractivity contribution in [2.75, 3.05) is 24.5 Å². The maximum Gasteiger partial charge on any atom is 0.273 e. The van der Waals surface area contributed by atoms with Gasteiger partial charge in [-0.25, -0.2) is 14.6 Å². The minimum atomic E-state index is -0.285. The third kappa shape index (κ3) is 4.18. The zero-order valence-corrected chi connectivity index (χ0v) is 17.8. The van der Waals surface area contributed by atoms with Crippen LogP contribution in [0.5, 0.6) is 0 Å². The summed E-state index contributed by atoms with van der Waals surface area (Å²) in [5.41, 5.74) is 1.91. The average molecular weight is 432 g/mol. The summed E-state index contributed by atoms with van der Waals surface area (Å²) in [6.45, 7) is 2.91. The summed E-state index contributed by atoms with van der Waals surface area (Å²) in [6.07, 6.45) is 8.31. The van der Waals surface area contributed by atoms with Gasteiger partial charge in [0.2, 0.25) is 0 Å². The highest BCUT2D eigenvalue weighted by molar-refractivity contribution is 5.93. The zero-order chi connectivity index (χ0) is 21.8. The quantitative estimate of drug-likeness (QED) is 0.500. The molecule has 0 bridgehead atoms. The Kier molecular flexibility index (Phi) is 5.78. The van der Waals surface area contributed by atoms with Gasteiger partial charge in [0, 0.05) is 31.3 Å². The topological polar surface area (TPSA) is 102 Å². The van der Waals surface area contributed by atoms with Crippen LogP contribution in [-0.4, -0.2) is 50.4 Å². The van der Waals surface area contributed by atoms with Crippen molar-refractivity contribution in [2.24, 2.45) is 0 Å². The van der Waals surface area contributed by atoms with E-state index in [9.17, 15) is 4.79 Å². The first-order valence-electron chi connectivity index (χ1n) is 11.0. The first kappa shape index (κ1) is 20.2. The average Bonchev–Trinajstić information content (AvgIpc) is 3.40. The van der Waals surface area contributed by atoms with Crippen LogP contribution < -0.4 is 10.2 Å². The number of fused-ring (bicyclic) bond motifs is 1. The number of carbonyl (C=O) groups excluding carboxylic acids is 1. The van der Waals surface area contributed by atoms with E-state index in [0.717, 1.165) is 35.5 Å². The lowest BCUT2D eigenvalue weighted by atomic mass is 10.1. The van der Waals surface area contributed by atoms with Crippen LogP contribution in [0.15, 0.2) is 53.4 Å². The molecule has 164 valence electrons. The molecule has 3 aromatic heterocycles. The molecule has 5 rings (SSSR count). The summed E-state index contributed by atoms with van der Waals surface area (Å²) in [4.78, 5) is 23.8.